The minimum atomic E-state index is -3.60. The van der Waals surface area contributed by atoms with Gasteiger partial charge in [0.2, 0.25) is 10.0 Å². The van der Waals surface area contributed by atoms with E-state index in [1.165, 1.54) is 24.3 Å². The summed E-state index contributed by atoms with van der Waals surface area (Å²) in [5, 5.41) is 8.85. The molecule has 1 rings (SSSR count). The van der Waals surface area contributed by atoms with Gasteiger partial charge in [0.1, 0.15) is 11.9 Å². The van der Waals surface area contributed by atoms with Crippen molar-refractivity contribution in [2.75, 3.05) is 6.26 Å². The van der Waals surface area contributed by atoms with Gasteiger partial charge in [-0.1, -0.05) is 12.1 Å². The molecule has 0 aromatic heterocycles. The summed E-state index contributed by atoms with van der Waals surface area (Å²) in [5.41, 5.74) is 0.537. The Bertz CT molecular complexity index is 498. The lowest BCUT2D eigenvalue weighted by Gasteiger charge is -2.12. The van der Waals surface area contributed by atoms with Crippen LogP contribution in [-0.2, 0) is 21.2 Å². The van der Waals surface area contributed by atoms with Gasteiger partial charge in [0.25, 0.3) is 0 Å². The number of rotatable bonds is 5. The van der Waals surface area contributed by atoms with Gasteiger partial charge < -0.3 is 5.11 Å². The molecule has 0 heterocycles. The van der Waals surface area contributed by atoms with Crippen molar-refractivity contribution in [3.63, 3.8) is 0 Å². The van der Waals surface area contributed by atoms with Crippen molar-refractivity contribution in [1.82, 2.24) is 4.72 Å². The van der Waals surface area contributed by atoms with Crippen molar-refractivity contribution in [3.8, 4) is 0 Å². The van der Waals surface area contributed by atoms with E-state index in [0.717, 1.165) is 6.26 Å². The zero-order valence-corrected chi connectivity index (χ0v) is 9.87. The first kappa shape index (κ1) is 13.6. The van der Waals surface area contributed by atoms with Crippen LogP contribution in [0.2, 0.25) is 0 Å². The Kier molecular flexibility index (Phi) is 4.19. The molecule has 0 aliphatic heterocycles. The summed E-state index contributed by atoms with van der Waals surface area (Å²) in [4.78, 5) is 10.8. The number of carboxylic acids is 1. The number of hydrogen-bond donors (Lipinski definition) is 2. The van der Waals surface area contributed by atoms with Crippen molar-refractivity contribution in [3.05, 3.63) is 35.6 Å². The molecule has 1 atom stereocenters. The van der Waals surface area contributed by atoms with Crippen LogP contribution in [0.3, 0.4) is 0 Å². The molecule has 0 saturated heterocycles. The van der Waals surface area contributed by atoms with E-state index >= 15 is 0 Å². The second kappa shape index (κ2) is 5.24. The van der Waals surface area contributed by atoms with Crippen molar-refractivity contribution >= 4 is 16.0 Å². The molecular formula is C10H12FNO4S. The highest BCUT2D eigenvalue weighted by Gasteiger charge is 2.21. The van der Waals surface area contributed by atoms with Crippen LogP contribution in [0.5, 0.6) is 0 Å². The lowest BCUT2D eigenvalue weighted by molar-refractivity contribution is -0.138. The van der Waals surface area contributed by atoms with Crippen LogP contribution in [0.15, 0.2) is 24.3 Å². The molecule has 0 bridgehead atoms. The Hall–Kier alpha value is -1.47. The first-order valence-electron chi connectivity index (χ1n) is 4.72. The summed E-state index contributed by atoms with van der Waals surface area (Å²) in [6, 6.07) is 3.95. The summed E-state index contributed by atoms with van der Waals surface area (Å²) in [5.74, 6) is -1.71. The van der Waals surface area contributed by atoms with Crippen molar-refractivity contribution in [2.24, 2.45) is 0 Å². The smallest absolute Gasteiger partial charge is 0.322 e. The number of hydrogen-bond acceptors (Lipinski definition) is 3. The molecule has 1 aromatic rings. The lowest BCUT2D eigenvalue weighted by atomic mass is 10.1. The number of carbonyl (C=O) groups is 1. The number of sulfonamides is 1. The Morgan fingerprint density at radius 2 is 1.94 bits per heavy atom. The predicted molar refractivity (Wildman–Crippen MR) is 59.5 cm³/mol. The molecule has 0 amide bonds. The molecule has 0 aliphatic carbocycles. The zero-order chi connectivity index (χ0) is 13.1. The molecule has 7 heteroatoms. The summed E-state index contributed by atoms with van der Waals surface area (Å²) in [7, 11) is -3.60. The fourth-order valence-electron chi connectivity index (χ4n) is 1.29. The van der Waals surface area contributed by atoms with E-state index in [0.29, 0.717) is 5.56 Å². The maximum atomic E-state index is 12.6. The number of aliphatic carboxylic acids is 1. The lowest BCUT2D eigenvalue weighted by Crippen LogP contribution is -2.41. The topological polar surface area (TPSA) is 83.5 Å². The first-order chi connectivity index (χ1) is 7.78. The summed E-state index contributed by atoms with van der Waals surface area (Å²) in [6.07, 6.45) is 0.844. The van der Waals surface area contributed by atoms with E-state index in [4.69, 9.17) is 5.11 Å². The molecule has 5 nitrogen and oxygen atoms in total. The molecule has 0 saturated carbocycles. The third-order valence-corrected chi connectivity index (χ3v) is 2.72. The van der Waals surface area contributed by atoms with E-state index in [-0.39, 0.29) is 6.42 Å². The minimum Gasteiger partial charge on any atom is -0.480 e. The molecule has 0 radical (unpaired) electrons. The van der Waals surface area contributed by atoms with Gasteiger partial charge in [-0.25, -0.2) is 17.5 Å². The van der Waals surface area contributed by atoms with Crippen LogP contribution in [0.25, 0.3) is 0 Å². The summed E-state index contributed by atoms with van der Waals surface area (Å²) >= 11 is 0. The average molecular weight is 261 g/mol. The van der Waals surface area contributed by atoms with Crippen molar-refractivity contribution in [1.29, 1.82) is 0 Å². The van der Waals surface area contributed by atoms with Gasteiger partial charge in [-0.05, 0) is 24.1 Å². The minimum absolute atomic E-state index is 0.0390. The summed E-state index contributed by atoms with van der Waals surface area (Å²) < 4.78 is 36.5. The normalized spacial score (nSPS) is 13.3. The molecule has 0 aliphatic rings. The highest BCUT2D eigenvalue weighted by atomic mass is 32.2. The number of carboxylic acid groups (broad SMARTS) is 1. The average Bonchev–Trinajstić information content (AvgIpc) is 2.18. The largest absolute Gasteiger partial charge is 0.480 e. The number of nitrogens with one attached hydrogen (secondary N) is 1. The van der Waals surface area contributed by atoms with Crippen LogP contribution in [-0.4, -0.2) is 31.8 Å². The third kappa shape index (κ3) is 4.92. The van der Waals surface area contributed by atoms with Crippen LogP contribution in [0, 0.1) is 5.82 Å². The Labute approximate surface area is 98.3 Å². The van der Waals surface area contributed by atoms with Gasteiger partial charge in [0.15, 0.2) is 0 Å². The highest BCUT2D eigenvalue weighted by molar-refractivity contribution is 7.88. The highest BCUT2D eigenvalue weighted by Crippen LogP contribution is 2.06. The van der Waals surface area contributed by atoms with E-state index in [9.17, 15) is 17.6 Å². The third-order valence-electron chi connectivity index (χ3n) is 2.01. The second-order valence-corrected chi connectivity index (χ2v) is 5.39. The van der Waals surface area contributed by atoms with E-state index in [2.05, 4.69) is 0 Å². The monoisotopic (exact) mass is 261 g/mol. The maximum absolute atomic E-state index is 12.6. The first-order valence-corrected chi connectivity index (χ1v) is 6.61. The standard InChI is InChI=1S/C10H12FNO4S/c1-17(15,16)12-9(10(13)14)6-7-2-4-8(11)5-3-7/h2-5,9,12H,6H2,1H3,(H,13,14)/t9-/m1/s1. The molecule has 94 valence electrons. The van der Waals surface area contributed by atoms with E-state index < -0.39 is 27.9 Å². The van der Waals surface area contributed by atoms with Crippen molar-refractivity contribution in [2.45, 2.75) is 12.5 Å². The zero-order valence-electron chi connectivity index (χ0n) is 9.05. The van der Waals surface area contributed by atoms with Crippen LogP contribution in [0.4, 0.5) is 4.39 Å². The Morgan fingerprint density at radius 3 is 2.35 bits per heavy atom. The predicted octanol–water partition coefficient (Wildman–Crippen LogP) is 0.371. The molecule has 2 N–H and O–H groups in total. The molecule has 17 heavy (non-hydrogen) atoms. The molecule has 0 fully saturated rings. The van der Waals surface area contributed by atoms with E-state index in [1.807, 2.05) is 4.72 Å². The number of benzene rings is 1. The van der Waals surface area contributed by atoms with Gasteiger partial charge in [-0.3, -0.25) is 4.79 Å². The molecule has 1 aromatic carbocycles. The Balaban J connectivity index is 2.80. The van der Waals surface area contributed by atoms with Gasteiger partial charge >= 0.3 is 5.97 Å². The fraction of sp³-hybridized carbons (Fsp3) is 0.300. The molecule has 0 unspecified atom stereocenters. The SMILES string of the molecule is CS(=O)(=O)N[C@H](Cc1ccc(F)cc1)C(=O)O. The second-order valence-electron chi connectivity index (χ2n) is 3.61. The summed E-state index contributed by atoms with van der Waals surface area (Å²) in [6.45, 7) is 0. The quantitative estimate of drug-likeness (QED) is 0.802. The van der Waals surface area contributed by atoms with Crippen LogP contribution in [0.1, 0.15) is 5.56 Å². The molecular weight excluding hydrogens is 249 g/mol. The van der Waals surface area contributed by atoms with Gasteiger partial charge in [0, 0.05) is 0 Å². The van der Waals surface area contributed by atoms with Crippen LogP contribution < -0.4 is 4.72 Å². The van der Waals surface area contributed by atoms with Crippen molar-refractivity contribution < 1.29 is 22.7 Å². The Morgan fingerprint density at radius 1 is 1.41 bits per heavy atom. The van der Waals surface area contributed by atoms with E-state index in [1.54, 1.807) is 0 Å². The number of halogens is 1. The fourth-order valence-corrected chi connectivity index (χ4v) is 1.99. The van der Waals surface area contributed by atoms with Gasteiger partial charge in [-0.15, -0.1) is 0 Å². The van der Waals surface area contributed by atoms with Gasteiger partial charge in [-0.2, -0.15) is 0 Å². The van der Waals surface area contributed by atoms with Crippen LogP contribution >= 0.6 is 0 Å². The maximum Gasteiger partial charge on any atom is 0.322 e. The molecule has 0 spiro atoms. The van der Waals surface area contributed by atoms with Gasteiger partial charge in [0.05, 0.1) is 6.26 Å².